The van der Waals surface area contributed by atoms with E-state index in [9.17, 15) is 18.5 Å². The summed E-state index contributed by atoms with van der Waals surface area (Å²) in [5.74, 6) is 0. The van der Waals surface area contributed by atoms with Crippen molar-refractivity contribution in [2.45, 2.75) is 36.6 Å². The second-order valence-electron chi connectivity index (χ2n) is 5.00. The van der Waals surface area contributed by atoms with Gasteiger partial charge in [-0.25, -0.2) is 13.1 Å². The van der Waals surface area contributed by atoms with Gasteiger partial charge in [0.15, 0.2) is 0 Å². The summed E-state index contributed by atoms with van der Waals surface area (Å²) in [6.45, 7) is 1.83. The molecule has 1 aliphatic carbocycles. The number of benzene rings is 1. The molecule has 8 heteroatoms. The van der Waals surface area contributed by atoms with Crippen LogP contribution in [0.5, 0.6) is 0 Å². The van der Waals surface area contributed by atoms with Crippen molar-refractivity contribution in [2.75, 3.05) is 5.73 Å². The number of rotatable bonds is 4. The molecule has 1 aromatic rings. The predicted octanol–water partition coefficient (Wildman–Crippen LogP) is 1.40. The summed E-state index contributed by atoms with van der Waals surface area (Å²) in [6.07, 6.45) is 2.53. The summed E-state index contributed by atoms with van der Waals surface area (Å²) < 4.78 is 27.0. The molecule has 0 unspecified atom stereocenters. The second kappa shape index (κ2) is 4.46. The molecule has 0 atom stereocenters. The molecule has 0 spiro atoms. The number of non-ortho nitro benzene ring substituents is 1. The van der Waals surface area contributed by atoms with Crippen LogP contribution in [0.15, 0.2) is 23.1 Å². The standard InChI is InChI=1S/C11H15N3O4S/c1-11(5-2-6-11)13-19(17,18)10-4-3-8(14(15)16)7-9(10)12/h3-4,7,13H,2,5-6,12H2,1H3. The quantitative estimate of drug-likeness (QED) is 0.493. The monoisotopic (exact) mass is 285 g/mol. The summed E-state index contributed by atoms with van der Waals surface area (Å²) >= 11 is 0. The Hall–Kier alpha value is -1.67. The van der Waals surface area contributed by atoms with Gasteiger partial charge in [-0.1, -0.05) is 0 Å². The van der Waals surface area contributed by atoms with Crippen LogP contribution in [-0.2, 0) is 10.0 Å². The number of nitro groups is 1. The molecule has 104 valence electrons. The Kier molecular flexibility index (Phi) is 3.23. The fourth-order valence-electron chi connectivity index (χ4n) is 2.08. The number of nitrogen functional groups attached to an aromatic ring is 1. The summed E-state index contributed by atoms with van der Waals surface area (Å²) in [7, 11) is -3.75. The Morgan fingerprint density at radius 1 is 1.42 bits per heavy atom. The third-order valence-electron chi connectivity index (χ3n) is 3.33. The number of nitrogens with one attached hydrogen (secondary N) is 1. The molecule has 0 bridgehead atoms. The number of hydrogen-bond donors (Lipinski definition) is 2. The van der Waals surface area contributed by atoms with Gasteiger partial charge in [-0.15, -0.1) is 0 Å². The molecule has 1 fully saturated rings. The number of nitrogens with zero attached hydrogens (tertiary/aromatic N) is 1. The first kappa shape index (κ1) is 13.8. The van der Waals surface area contributed by atoms with E-state index in [1.807, 2.05) is 6.92 Å². The van der Waals surface area contributed by atoms with Crippen LogP contribution in [0.2, 0.25) is 0 Å². The van der Waals surface area contributed by atoms with E-state index in [0.717, 1.165) is 37.5 Å². The average Bonchev–Trinajstić information content (AvgIpc) is 2.25. The van der Waals surface area contributed by atoms with Gasteiger partial charge < -0.3 is 5.73 Å². The van der Waals surface area contributed by atoms with Crippen molar-refractivity contribution in [1.29, 1.82) is 0 Å². The smallest absolute Gasteiger partial charge is 0.271 e. The van der Waals surface area contributed by atoms with E-state index in [2.05, 4.69) is 4.72 Å². The highest BCUT2D eigenvalue weighted by molar-refractivity contribution is 7.89. The summed E-state index contributed by atoms with van der Waals surface area (Å²) in [4.78, 5) is 9.85. The molecule has 1 aromatic carbocycles. The zero-order valence-electron chi connectivity index (χ0n) is 10.4. The van der Waals surface area contributed by atoms with Crippen LogP contribution in [0.4, 0.5) is 11.4 Å². The molecule has 1 saturated carbocycles. The highest BCUT2D eigenvalue weighted by Gasteiger charge is 2.36. The summed E-state index contributed by atoms with van der Waals surface area (Å²) in [6, 6.07) is 3.35. The fourth-order valence-corrected chi connectivity index (χ4v) is 3.66. The first-order valence-corrected chi connectivity index (χ1v) is 7.30. The molecule has 19 heavy (non-hydrogen) atoms. The van der Waals surface area contributed by atoms with Gasteiger partial charge in [0.05, 0.1) is 10.6 Å². The Balaban J connectivity index is 2.33. The number of nitrogens with two attached hydrogens (primary N) is 1. The van der Waals surface area contributed by atoms with Crippen LogP contribution in [0.3, 0.4) is 0 Å². The molecule has 0 saturated heterocycles. The Bertz CT molecular complexity index is 623. The molecular weight excluding hydrogens is 270 g/mol. The minimum Gasteiger partial charge on any atom is -0.397 e. The van der Waals surface area contributed by atoms with Crippen LogP contribution in [0.25, 0.3) is 0 Å². The van der Waals surface area contributed by atoms with Crippen molar-refractivity contribution in [3.8, 4) is 0 Å². The predicted molar refractivity (Wildman–Crippen MR) is 70.1 cm³/mol. The zero-order valence-corrected chi connectivity index (χ0v) is 11.2. The van der Waals surface area contributed by atoms with Crippen LogP contribution in [0.1, 0.15) is 26.2 Å². The third-order valence-corrected chi connectivity index (χ3v) is 5.04. The normalized spacial score (nSPS) is 17.7. The van der Waals surface area contributed by atoms with Gasteiger partial charge in [0.1, 0.15) is 4.90 Å². The molecular formula is C11H15N3O4S. The van der Waals surface area contributed by atoms with E-state index >= 15 is 0 Å². The number of nitro benzene ring substituents is 1. The first-order chi connectivity index (χ1) is 8.73. The highest BCUT2D eigenvalue weighted by Crippen LogP contribution is 2.33. The van der Waals surface area contributed by atoms with Crippen molar-refractivity contribution < 1.29 is 13.3 Å². The number of sulfonamides is 1. The maximum Gasteiger partial charge on any atom is 0.271 e. The number of anilines is 1. The summed E-state index contributed by atoms with van der Waals surface area (Å²) in [5.41, 5.74) is 4.81. The molecule has 2 rings (SSSR count). The molecule has 0 amide bonds. The van der Waals surface area contributed by atoms with Gasteiger partial charge in [-0.2, -0.15) is 0 Å². The van der Waals surface area contributed by atoms with E-state index < -0.39 is 20.5 Å². The maximum atomic E-state index is 12.2. The van der Waals surface area contributed by atoms with Crippen LogP contribution in [0, 0.1) is 10.1 Å². The Morgan fingerprint density at radius 2 is 2.05 bits per heavy atom. The lowest BCUT2D eigenvalue weighted by atomic mass is 9.80. The lowest BCUT2D eigenvalue weighted by Gasteiger charge is -2.38. The van der Waals surface area contributed by atoms with Crippen molar-refractivity contribution in [3.05, 3.63) is 28.3 Å². The minimum atomic E-state index is -3.75. The van der Waals surface area contributed by atoms with Crippen molar-refractivity contribution >= 4 is 21.4 Å². The molecule has 0 aromatic heterocycles. The van der Waals surface area contributed by atoms with Gasteiger partial charge in [-0.3, -0.25) is 10.1 Å². The van der Waals surface area contributed by atoms with Gasteiger partial charge in [0, 0.05) is 17.7 Å². The second-order valence-corrected chi connectivity index (χ2v) is 6.65. The van der Waals surface area contributed by atoms with Crippen LogP contribution in [-0.4, -0.2) is 18.9 Å². The van der Waals surface area contributed by atoms with Crippen molar-refractivity contribution in [3.63, 3.8) is 0 Å². The summed E-state index contributed by atoms with van der Waals surface area (Å²) in [5, 5.41) is 10.6. The van der Waals surface area contributed by atoms with Crippen molar-refractivity contribution in [1.82, 2.24) is 4.72 Å². The van der Waals surface area contributed by atoms with E-state index in [0.29, 0.717) is 0 Å². The molecule has 0 aliphatic heterocycles. The molecule has 1 aliphatic rings. The van der Waals surface area contributed by atoms with Gasteiger partial charge in [0.2, 0.25) is 10.0 Å². The Morgan fingerprint density at radius 3 is 2.47 bits per heavy atom. The molecule has 0 heterocycles. The third kappa shape index (κ3) is 2.69. The minimum absolute atomic E-state index is 0.119. The van der Waals surface area contributed by atoms with Gasteiger partial charge >= 0.3 is 0 Å². The van der Waals surface area contributed by atoms with E-state index in [4.69, 9.17) is 5.73 Å². The van der Waals surface area contributed by atoms with Gasteiger partial charge in [0.25, 0.3) is 5.69 Å². The Labute approximate surface area is 111 Å². The fraction of sp³-hybridized carbons (Fsp3) is 0.455. The zero-order chi connectivity index (χ0) is 14.3. The number of hydrogen-bond acceptors (Lipinski definition) is 5. The van der Waals surface area contributed by atoms with Crippen molar-refractivity contribution in [2.24, 2.45) is 0 Å². The topological polar surface area (TPSA) is 115 Å². The average molecular weight is 285 g/mol. The largest absolute Gasteiger partial charge is 0.397 e. The highest BCUT2D eigenvalue weighted by atomic mass is 32.2. The van der Waals surface area contributed by atoms with Crippen LogP contribution < -0.4 is 10.5 Å². The maximum absolute atomic E-state index is 12.2. The lowest BCUT2D eigenvalue weighted by Crippen LogP contribution is -2.50. The van der Waals surface area contributed by atoms with E-state index in [1.165, 1.54) is 0 Å². The van der Waals surface area contributed by atoms with Crippen LogP contribution >= 0.6 is 0 Å². The molecule has 7 nitrogen and oxygen atoms in total. The first-order valence-electron chi connectivity index (χ1n) is 5.81. The SMILES string of the molecule is CC1(NS(=O)(=O)c2ccc([N+](=O)[O-])cc2N)CCC1. The van der Waals surface area contributed by atoms with E-state index in [1.54, 1.807) is 0 Å². The molecule has 0 radical (unpaired) electrons. The van der Waals surface area contributed by atoms with Gasteiger partial charge in [-0.05, 0) is 32.3 Å². The lowest BCUT2D eigenvalue weighted by molar-refractivity contribution is -0.384. The molecule has 3 N–H and O–H groups in total. The van der Waals surface area contributed by atoms with E-state index in [-0.39, 0.29) is 16.3 Å².